The third kappa shape index (κ3) is 6.20. The van der Waals surface area contributed by atoms with Crippen molar-refractivity contribution in [3.8, 4) is 28.8 Å². The van der Waals surface area contributed by atoms with Crippen molar-refractivity contribution < 1.29 is 49.0 Å². The zero-order chi connectivity index (χ0) is 29.3. The van der Waals surface area contributed by atoms with E-state index in [2.05, 4.69) is 15.3 Å². The molecule has 214 valence electrons. The van der Waals surface area contributed by atoms with E-state index in [1.165, 1.54) is 30.9 Å². The second-order valence-electron chi connectivity index (χ2n) is 8.02. The van der Waals surface area contributed by atoms with E-state index >= 15 is 0 Å². The molecule has 1 N–H and O–H groups in total. The Morgan fingerprint density at radius 3 is 2.15 bits per heavy atom. The normalized spacial score (nSPS) is 12.5. The monoisotopic (exact) mass is 591 g/mol. The molecule has 2 aromatic carbocycles. The van der Waals surface area contributed by atoms with Gasteiger partial charge in [0.2, 0.25) is 15.9 Å². The van der Waals surface area contributed by atoms with Crippen LogP contribution in [-0.4, -0.2) is 55.6 Å². The number of fused-ring (bicyclic) bond motifs is 1. The number of aromatic nitrogens is 4. The predicted octanol–water partition coefficient (Wildman–Crippen LogP) is 4.20. The zero-order valence-corrected chi connectivity index (χ0v) is 21.4. The van der Waals surface area contributed by atoms with Crippen molar-refractivity contribution in [1.82, 2.24) is 24.5 Å². The molecule has 0 atom stereocenters. The van der Waals surface area contributed by atoms with E-state index < -0.39 is 44.9 Å². The Bertz CT molecular complexity index is 1610. The summed E-state index contributed by atoms with van der Waals surface area (Å²) in [5.41, 5.74) is -2.69. The van der Waals surface area contributed by atoms with Gasteiger partial charge in [0, 0.05) is 12.6 Å². The topological polar surface area (TPSA) is 117 Å². The summed E-state index contributed by atoms with van der Waals surface area (Å²) in [7, 11) is -1.82. The Balaban J connectivity index is 1.51. The molecule has 0 bridgehead atoms. The number of halogens is 6. The maximum atomic E-state index is 13.1. The van der Waals surface area contributed by atoms with Crippen molar-refractivity contribution in [1.29, 1.82) is 0 Å². The van der Waals surface area contributed by atoms with Gasteiger partial charge in [-0.2, -0.15) is 30.9 Å². The fraction of sp³-hybridized carbons (Fsp3) is 0.261. The van der Waals surface area contributed by atoms with Gasteiger partial charge >= 0.3 is 12.4 Å². The van der Waals surface area contributed by atoms with Crippen LogP contribution in [0.15, 0.2) is 53.4 Å². The van der Waals surface area contributed by atoms with Crippen LogP contribution in [0.4, 0.5) is 26.3 Å². The Hall–Kier alpha value is -4.12. The molecule has 2 aromatic heterocycles. The molecule has 4 aromatic rings. The van der Waals surface area contributed by atoms with E-state index in [0.29, 0.717) is 22.7 Å². The van der Waals surface area contributed by atoms with E-state index in [4.69, 9.17) is 14.2 Å². The maximum absolute atomic E-state index is 13.1. The quantitative estimate of drug-likeness (QED) is 0.228. The molecular formula is C23H19F6N5O5S. The van der Waals surface area contributed by atoms with Gasteiger partial charge in [-0.1, -0.05) is 0 Å². The number of ether oxygens (including phenoxy) is 3. The highest BCUT2D eigenvalue weighted by Crippen LogP contribution is 2.37. The van der Waals surface area contributed by atoms with Gasteiger partial charge in [0.05, 0.1) is 35.8 Å². The van der Waals surface area contributed by atoms with Crippen LogP contribution in [0, 0.1) is 0 Å². The van der Waals surface area contributed by atoms with Gasteiger partial charge in [0.25, 0.3) is 0 Å². The second-order valence-corrected chi connectivity index (χ2v) is 9.79. The second kappa shape index (κ2) is 10.8. The van der Waals surface area contributed by atoms with Crippen LogP contribution in [0.25, 0.3) is 17.0 Å². The van der Waals surface area contributed by atoms with E-state index in [1.807, 2.05) is 4.72 Å². The molecule has 0 fully saturated rings. The van der Waals surface area contributed by atoms with Crippen molar-refractivity contribution in [2.45, 2.75) is 17.2 Å². The summed E-state index contributed by atoms with van der Waals surface area (Å²) < 4.78 is 123. The van der Waals surface area contributed by atoms with E-state index in [-0.39, 0.29) is 36.5 Å². The number of nitrogens with zero attached hydrogens (tertiary/aromatic N) is 4. The minimum absolute atomic E-state index is 0.00645. The number of hydrogen-bond donors (Lipinski definition) is 1. The molecule has 0 saturated carbocycles. The molecule has 0 spiro atoms. The number of benzene rings is 2. The van der Waals surface area contributed by atoms with Crippen LogP contribution >= 0.6 is 0 Å². The fourth-order valence-corrected chi connectivity index (χ4v) is 4.59. The molecule has 10 nitrogen and oxygen atoms in total. The summed E-state index contributed by atoms with van der Waals surface area (Å²) in [5, 5.41) is 12.4. The fourth-order valence-electron chi connectivity index (χ4n) is 3.50. The van der Waals surface area contributed by atoms with Crippen LogP contribution < -0.4 is 18.9 Å². The highest BCUT2D eigenvalue weighted by Gasteiger charge is 2.38. The highest BCUT2D eigenvalue weighted by molar-refractivity contribution is 7.89. The van der Waals surface area contributed by atoms with E-state index in [1.54, 1.807) is 18.2 Å². The zero-order valence-electron chi connectivity index (χ0n) is 20.5. The Labute approximate surface area is 222 Å². The minimum atomic E-state index is -5.20. The summed E-state index contributed by atoms with van der Waals surface area (Å²) in [6.45, 7) is -0.874. The van der Waals surface area contributed by atoms with Crippen molar-refractivity contribution >= 4 is 15.7 Å². The van der Waals surface area contributed by atoms with Gasteiger partial charge in [-0.15, -0.1) is 15.3 Å². The number of alkyl halides is 6. The van der Waals surface area contributed by atoms with Crippen LogP contribution in [0.5, 0.6) is 17.4 Å². The smallest absolute Gasteiger partial charge is 0.416 e. The molecule has 0 unspecified atom stereocenters. The molecular weight excluding hydrogens is 572 g/mol. The molecule has 0 aliphatic carbocycles. The van der Waals surface area contributed by atoms with E-state index in [0.717, 1.165) is 0 Å². The van der Waals surface area contributed by atoms with Crippen molar-refractivity contribution in [2.75, 3.05) is 27.4 Å². The minimum Gasteiger partial charge on any atom is -0.497 e. The van der Waals surface area contributed by atoms with Crippen LogP contribution in [0.2, 0.25) is 0 Å². The highest BCUT2D eigenvalue weighted by atomic mass is 32.2. The van der Waals surface area contributed by atoms with Gasteiger partial charge in [-0.05, 0) is 42.5 Å². The largest absolute Gasteiger partial charge is 0.497 e. The number of rotatable bonds is 9. The van der Waals surface area contributed by atoms with Crippen molar-refractivity contribution in [3.05, 3.63) is 59.7 Å². The molecule has 0 radical (unpaired) electrons. The summed E-state index contributed by atoms with van der Waals surface area (Å²) in [4.78, 5) is -1.20. The van der Waals surface area contributed by atoms with Gasteiger partial charge in [0.1, 0.15) is 18.1 Å². The molecule has 0 aliphatic heterocycles. The summed E-state index contributed by atoms with van der Waals surface area (Å²) >= 11 is 0. The Morgan fingerprint density at radius 2 is 1.55 bits per heavy atom. The SMILES string of the molecule is COc1ccc(OC)c(-c2nnc3ccc(OCCNS(=O)(=O)c4cc(C(F)(F)F)cc(C(F)(F)F)c4)nn23)c1. The first-order chi connectivity index (χ1) is 18.7. The summed E-state index contributed by atoms with van der Waals surface area (Å²) in [6.07, 6.45) is -10.4. The van der Waals surface area contributed by atoms with Gasteiger partial charge < -0.3 is 14.2 Å². The third-order valence-electron chi connectivity index (χ3n) is 5.40. The molecule has 17 heteroatoms. The van der Waals surface area contributed by atoms with Gasteiger partial charge in [0.15, 0.2) is 11.5 Å². The number of methoxy groups -OCH3 is 2. The lowest BCUT2D eigenvalue weighted by molar-refractivity contribution is -0.143. The lowest BCUT2D eigenvalue weighted by Gasteiger charge is -2.15. The standard InChI is InChI=1S/C23H19F6N5O5S/c1-37-15-3-4-18(38-2)17(12-15)21-32-31-19-5-6-20(33-34(19)21)39-8-7-30-40(35,36)16-10-13(22(24,25)26)9-14(11-16)23(27,28)29/h3-6,9-12,30H,7-8H2,1-2H3. The lowest BCUT2D eigenvalue weighted by Crippen LogP contribution is -2.29. The molecule has 2 heterocycles. The molecule has 0 amide bonds. The maximum Gasteiger partial charge on any atom is 0.416 e. The van der Waals surface area contributed by atoms with E-state index in [9.17, 15) is 34.8 Å². The van der Waals surface area contributed by atoms with Gasteiger partial charge in [-0.3, -0.25) is 0 Å². The van der Waals surface area contributed by atoms with Crippen molar-refractivity contribution in [3.63, 3.8) is 0 Å². The first-order valence-corrected chi connectivity index (χ1v) is 12.6. The van der Waals surface area contributed by atoms with Gasteiger partial charge in [-0.25, -0.2) is 13.1 Å². The number of hydrogen-bond acceptors (Lipinski definition) is 8. The molecule has 0 saturated heterocycles. The average molecular weight is 591 g/mol. The van der Waals surface area contributed by atoms with Crippen LogP contribution in [0.1, 0.15) is 11.1 Å². The Morgan fingerprint density at radius 1 is 0.875 bits per heavy atom. The average Bonchev–Trinajstić information content (AvgIpc) is 3.32. The molecule has 0 aliphatic rings. The summed E-state index contributed by atoms with van der Waals surface area (Å²) in [6, 6.07) is 7.98. The molecule has 4 rings (SSSR count). The molecule has 40 heavy (non-hydrogen) atoms. The lowest BCUT2D eigenvalue weighted by atomic mass is 10.1. The predicted molar refractivity (Wildman–Crippen MR) is 126 cm³/mol. The van der Waals surface area contributed by atoms with Crippen molar-refractivity contribution in [2.24, 2.45) is 0 Å². The Kier molecular flexibility index (Phi) is 7.80. The first-order valence-electron chi connectivity index (χ1n) is 11.1. The number of nitrogens with one attached hydrogen (secondary N) is 1. The van der Waals surface area contributed by atoms with Crippen LogP contribution in [-0.2, 0) is 22.4 Å². The number of sulfonamides is 1. The first kappa shape index (κ1) is 28.9. The summed E-state index contributed by atoms with van der Waals surface area (Å²) in [5.74, 6) is 1.21. The third-order valence-corrected chi connectivity index (χ3v) is 6.84. The van der Waals surface area contributed by atoms with Crippen LogP contribution in [0.3, 0.4) is 0 Å².